The molecule has 2 aromatic carbocycles. The van der Waals surface area contributed by atoms with Gasteiger partial charge in [-0.15, -0.1) is 0 Å². The summed E-state index contributed by atoms with van der Waals surface area (Å²) < 4.78 is 0. The van der Waals surface area contributed by atoms with Crippen molar-refractivity contribution in [1.29, 1.82) is 0 Å². The van der Waals surface area contributed by atoms with Gasteiger partial charge in [0.1, 0.15) is 0 Å². The van der Waals surface area contributed by atoms with Crippen LogP contribution in [0.4, 0.5) is 0 Å². The summed E-state index contributed by atoms with van der Waals surface area (Å²) in [6, 6.07) is 17.1. The number of hydrogen-bond donors (Lipinski definition) is 1. The fraction of sp³-hybridized carbons (Fsp3) is 0.250. The van der Waals surface area contributed by atoms with Gasteiger partial charge in [-0.2, -0.15) is 0 Å². The number of fused-ring (bicyclic) bond motifs is 3. The van der Waals surface area contributed by atoms with Crippen LogP contribution in [0.15, 0.2) is 48.5 Å². The van der Waals surface area contributed by atoms with E-state index in [9.17, 15) is 0 Å². The van der Waals surface area contributed by atoms with E-state index in [0.29, 0.717) is 0 Å². The van der Waals surface area contributed by atoms with E-state index in [-0.39, 0.29) is 5.54 Å². The van der Waals surface area contributed by atoms with Gasteiger partial charge in [0.15, 0.2) is 0 Å². The van der Waals surface area contributed by atoms with Crippen molar-refractivity contribution in [3.8, 4) is 11.1 Å². The topological polar surface area (TPSA) is 26.0 Å². The summed E-state index contributed by atoms with van der Waals surface area (Å²) in [5.74, 6) is 0. The van der Waals surface area contributed by atoms with Crippen LogP contribution >= 0.6 is 0 Å². The van der Waals surface area contributed by atoms with Gasteiger partial charge in [0.05, 0.1) is 5.54 Å². The Balaban J connectivity index is 2.31. The molecule has 86 valence electrons. The molecule has 3 rings (SSSR count). The van der Waals surface area contributed by atoms with Gasteiger partial charge in [0, 0.05) is 0 Å². The first-order chi connectivity index (χ1) is 8.27. The molecule has 0 unspecified atom stereocenters. The fourth-order valence-corrected chi connectivity index (χ4v) is 3.02. The van der Waals surface area contributed by atoms with Crippen LogP contribution in [0, 0.1) is 0 Å². The summed E-state index contributed by atoms with van der Waals surface area (Å²) in [6.45, 7) is 2.19. The molecular weight excluding hydrogens is 206 g/mol. The molecule has 17 heavy (non-hydrogen) atoms. The van der Waals surface area contributed by atoms with Gasteiger partial charge in [-0.25, -0.2) is 0 Å². The summed E-state index contributed by atoms with van der Waals surface area (Å²) in [7, 11) is 0. The molecule has 1 heteroatoms. The van der Waals surface area contributed by atoms with E-state index < -0.39 is 0 Å². The quantitative estimate of drug-likeness (QED) is 0.826. The van der Waals surface area contributed by atoms with Gasteiger partial charge in [-0.3, -0.25) is 0 Å². The highest BCUT2D eigenvalue weighted by atomic mass is 14.8. The Kier molecular flexibility index (Phi) is 2.30. The maximum Gasteiger partial charge on any atom is 0.0677 e. The molecule has 0 atom stereocenters. The van der Waals surface area contributed by atoms with Gasteiger partial charge in [0.25, 0.3) is 0 Å². The second kappa shape index (κ2) is 3.71. The molecule has 0 radical (unpaired) electrons. The first-order valence-electron chi connectivity index (χ1n) is 6.25. The summed E-state index contributed by atoms with van der Waals surface area (Å²) in [4.78, 5) is 0. The Morgan fingerprint density at radius 1 is 0.882 bits per heavy atom. The van der Waals surface area contributed by atoms with Crippen LogP contribution in [0.1, 0.15) is 30.9 Å². The molecule has 0 spiro atoms. The first-order valence-corrected chi connectivity index (χ1v) is 6.25. The molecule has 1 aliphatic carbocycles. The van der Waals surface area contributed by atoms with Crippen LogP contribution in [-0.2, 0) is 5.54 Å². The molecule has 0 amide bonds. The average Bonchev–Trinajstić information content (AvgIpc) is 2.62. The van der Waals surface area contributed by atoms with Crippen LogP contribution in [0.2, 0.25) is 0 Å². The van der Waals surface area contributed by atoms with Crippen molar-refractivity contribution >= 4 is 0 Å². The third-order valence-corrected chi connectivity index (χ3v) is 3.75. The minimum atomic E-state index is -0.290. The molecule has 1 nitrogen and oxygen atoms in total. The van der Waals surface area contributed by atoms with Crippen molar-refractivity contribution in [2.24, 2.45) is 5.73 Å². The maximum absolute atomic E-state index is 6.69. The average molecular weight is 223 g/mol. The zero-order valence-corrected chi connectivity index (χ0v) is 10.1. The van der Waals surface area contributed by atoms with Crippen LogP contribution in [0.3, 0.4) is 0 Å². The molecular formula is C16H17N. The molecule has 2 N–H and O–H groups in total. The zero-order valence-electron chi connectivity index (χ0n) is 10.1. The fourth-order valence-electron chi connectivity index (χ4n) is 3.02. The number of rotatable bonds is 2. The van der Waals surface area contributed by atoms with Crippen LogP contribution in [-0.4, -0.2) is 0 Å². The molecule has 0 aromatic heterocycles. The number of benzene rings is 2. The summed E-state index contributed by atoms with van der Waals surface area (Å²) in [5, 5.41) is 0. The number of hydrogen-bond acceptors (Lipinski definition) is 1. The highest BCUT2D eigenvalue weighted by Gasteiger charge is 2.38. The standard InChI is InChI=1S/C16H17N/c1-2-11-16(17)14-9-5-3-7-12(14)13-8-4-6-10-15(13)16/h3-10H,2,11,17H2,1H3. The second-order valence-electron chi connectivity index (χ2n) is 4.81. The highest BCUT2D eigenvalue weighted by molar-refractivity contribution is 5.80. The maximum atomic E-state index is 6.69. The Labute approximate surface area is 102 Å². The molecule has 0 fully saturated rings. The van der Waals surface area contributed by atoms with Crippen molar-refractivity contribution in [2.45, 2.75) is 25.3 Å². The van der Waals surface area contributed by atoms with Crippen molar-refractivity contribution in [3.63, 3.8) is 0 Å². The monoisotopic (exact) mass is 223 g/mol. The molecule has 2 aromatic rings. The molecule has 0 bridgehead atoms. The molecule has 1 aliphatic rings. The van der Waals surface area contributed by atoms with Gasteiger partial charge in [-0.1, -0.05) is 61.9 Å². The minimum Gasteiger partial charge on any atom is -0.318 e. The Hall–Kier alpha value is -1.60. The predicted octanol–water partition coefficient (Wildman–Crippen LogP) is 3.67. The largest absolute Gasteiger partial charge is 0.318 e. The third-order valence-electron chi connectivity index (χ3n) is 3.75. The van der Waals surface area contributed by atoms with Crippen molar-refractivity contribution in [2.75, 3.05) is 0 Å². The van der Waals surface area contributed by atoms with E-state index in [4.69, 9.17) is 5.73 Å². The SMILES string of the molecule is CCCC1(N)c2ccccc2-c2ccccc21. The molecule has 0 heterocycles. The van der Waals surface area contributed by atoms with E-state index >= 15 is 0 Å². The lowest BCUT2D eigenvalue weighted by Crippen LogP contribution is -2.35. The number of nitrogens with two attached hydrogens (primary N) is 1. The summed E-state index contributed by atoms with van der Waals surface area (Å²) >= 11 is 0. The van der Waals surface area contributed by atoms with E-state index in [2.05, 4.69) is 55.5 Å². The minimum absolute atomic E-state index is 0.290. The van der Waals surface area contributed by atoms with Crippen molar-refractivity contribution in [1.82, 2.24) is 0 Å². The zero-order chi connectivity index (χ0) is 11.9. The Morgan fingerprint density at radius 2 is 1.35 bits per heavy atom. The summed E-state index contributed by atoms with van der Waals surface area (Å²) in [6.07, 6.45) is 2.10. The van der Waals surface area contributed by atoms with Crippen LogP contribution in [0.25, 0.3) is 11.1 Å². The molecule has 0 saturated carbocycles. The molecule has 0 aliphatic heterocycles. The van der Waals surface area contributed by atoms with E-state index in [1.807, 2.05) is 0 Å². The van der Waals surface area contributed by atoms with Gasteiger partial charge in [-0.05, 0) is 28.7 Å². The van der Waals surface area contributed by atoms with Crippen molar-refractivity contribution < 1.29 is 0 Å². The predicted molar refractivity (Wildman–Crippen MR) is 71.8 cm³/mol. The Morgan fingerprint density at radius 3 is 1.82 bits per heavy atom. The van der Waals surface area contributed by atoms with Gasteiger partial charge in [0.2, 0.25) is 0 Å². The lowest BCUT2D eigenvalue weighted by molar-refractivity contribution is 0.497. The normalized spacial score (nSPS) is 15.4. The van der Waals surface area contributed by atoms with Crippen LogP contribution in [0.5, 0.6) is 0 Å². The first kappa shape index (κ1) is 10.5. The lowest BCUT2D eigenvalue weighted by Gasteiger charge is -2.26. The summed E-state index contributed by atoms with van der Waals surface area (Å²) in [5.41, 5.74) is 11.6. The molecule has 0 saturated heterocycles. The lowest BCUT2D eigenvalue weighted by atomic mass is 9.84. The third kappa shape index (κ3) is 1.36. The van der Waals surface area contributed by atoms with Crippen molar-refractivity contribution in [3.05, 3.63) is 59.7 Å². The highest BCUT2D eigenvalue weighted by Crippen LogP contribution is 2.47. The Bertz CT molecular complexity index is 511. The van der Waals surface area contributed by atoms with E-state index in [0.717, 1.165) is 12.8 Å². The second-order valence-corrected chi connectivity index (χ2v) is 4.81. The van der Waals surface area contributed by atoms with E-state index in [1.54, 1.807) is 0 Å². The van der Waals surface area contributed by atoms with E-state index in [1.165, 1.54) is 22.3 Å². The van der Waals surface area contributed by atoms with Gasteiger partial charge < -0.3 is 5.73 Å². The smallest absolute Gasteiger partial charge is 0.0677 e. The van der Waals surface area contributed by atoms with Crippen LogP contribution < -0.4 is 5.73 Å². The van der Waals surface area contributed by atoms with Gasteiger partial charge >= 0.3 is 0 Å².